The van der Waals surface area contributed by atoms with Gasteiger partial charge in [-0.3, -0.25) is 0 Å². The summed E-state index contributed by atoms with van der Waals surface area (Å²) in [6, 6.07) is 8.18. The number of allylic oxidation sites excluding steroid dienone is 1. The number of aliphatic hydroxyl groups is 1. The van der Waals surface area contributed by atoms with E-state index in [0.717, 1.165) is 16.7 Å². The van der Waals surface area contributed by atoms with E-state index < -0.39 is 5.60 Å². The Balaban J connectivity index is 2.79. The van der Waals surface area contributed by atoms with Gasteiger partial charge >= 0.3 is 0 Å². The van der Waals surface area contributed by atoms with Crippen LogP contribution in [0.1, 0.15) is 31.9 Å². The van der Waals surface area contributed by atoms with E-state index in [0.29, 0.717) is 6.42 Å². The molecule has 0 amide bonds. The second kappa shape index (κ2) is 3.97. The van der Waals surface area contributed by atoms with Crippen molar-refractivity contribution in [2.75, 3.05) is 0 Å². The molecule has 0 fully saturated rings. The zero-order chi connectivity index (χ0) is 10.8. The Morgan fingerprint density at radius 2 is 1.79 bits per heavy atom. The van der Waals surface area contributed by atoms with Crippen LogP contribution in [-0.2, 0) is 6.42 Å². The quantitative estimate of drug-likeness (QED) is 0.776. The lowest BCUT2D eigenvalue weighted by atomic mass is 9.97. The van der Waals surface area contributed by atoms with Crippen LogP contribution < -0.4 is 0 Å². The monoisotopic (exact) mass is 190 g/mol. The third-order valence-electron chi connectivity index (χ3n) is 2.08. The lowest BCUT2D eigenvalue weighted by molar-refractivity contribution is 0.0810. The van der Waals surface area contributed by atoms with Gasteiger partial charge in [-0.2, -0.15) is 0 Å². The third-order valence-corrected chi connectivity index (χ3v) is 2.08. The Labute approximate surface area is 86.1 Å². The van der Waals surface area contributed by atoms with Gasteiger partial charge in [-0.15, -0.1) is 0 Å². The van der Waals surface area contributed by atoms with Crippen molar-refractivity contribution in [2.45, 2.75) is 32.8 Å². The lowest BCUT2D eigenvalue weighted by Crippen LogP contribution is -2.21. The van der Waals surface area contributed by atoms with Crippen molar-refractivity contribution in [3.8, 4) is 0 Å². The molecule has 0 spiro atoms. The van der Waals surface area contributed by atoms with Crippen LogP contribution >= 0.6 is 0 Å². The SMILES string of the molecule is C=C(C)c1ccc(CC(C)(C)O)cc1. The molecule has 14 heavy (non-hydrogen) atoms. The Kier molecular flexibility index (Phi) is 3.12. The van der Waals surface area contributed by atoms with Crippen LogP contribution in [0.5, 0.6) is 0 Å². The molecule has 0 atom stereocenters. The Morgan fingerprint density at radius 1 is 1.29 bits per heavy atom. The van der Waals surface area contributed by atoms with Crippen molar-refractivity contribution in [1.82, 2.24) is 0 Å². The molecule has 0 aromatic heterocycles. The molecule has 0 saturated heterocycles. The van der Waals surface area contributed by atoms with Gasteiger partial charge in [0.05, 0.1) is 5.60 Å². The zero-order valence-electron chi connectivity index (χ0n) is 9.17. The van der Waals surface area contributed by atoms with Gasteiger partial charge in [0, 0.05) is 6.42 Å². The van der Waals surface area contributed by atoms with Crippen LogP contribution in [0, 0.1) is 0 Å². The van der Waals surface area contributed by atoms with Gasteiger partial charge in [0.1, 0.15) is 0 Å². The molecule has 1 rings (SSSR count). The minimum Gasteiger partial charge on any atom is -0.390 e. The third kappa shape index (κ3) is 3.35. The van der Waals surface area contributed by atoms with E-state index in [2.05, 4.69) is 6.58 Å². The summed E-state index contributed by atoms with van der Waals surface area (Å²) < 4.78 is 0. The number of hydrogen-bond donors (Lipinski definition) is 1. The summed E-state index contributed by atoms with van der Waals surface area (Å²) in [7, 11) is 0. The van der Waals surface area contributed by atoms with Gasteiger partial charge in [0.2, 0.25) is 0 Å². The minimum atomic E-state index is -0.634. The standard InChI is InChI=1S/C13H18O/c1-10(2)12-7-5-11(6-8-12)9-13(3,4)14/h5-8,14H,1,9H2,2-4H3. The second-order valence-corrected chi connectivity index (χ2v) is 4.47. The first-order valence-electron chi connectivity index (χ1n) is 4.86. The summed E-state index contributed by atoms with van der Waals surface area (Å²) in [5.74, 6) is 0. The first kappa shape index (κ1) is 11.0. The average Bonchev–Trinajstić information content (AvgIpc) is 2.02. The molecule has 0 saturated carbocycles. The van der Waals surface area contributed by atoms with E-state index in [9.17, 15) is 5.11 Å². The van der Waals surface area contributed by atoms with Crippen molar-refractivity contribution in [3.05, 3.63) is 42.0 Å². The molecule has 1 nitrogen and oxygen atoms in total. The summed E-state index contributed by atoms with van der Waals surface area (Å²) in [4.78, 5) is 0. The highest BCUT2D eigenvalue weighted by atomic mass is 16.3. The molecule has 1 aromatic carbocycles. The fourth-order valence-corrected chi connectivity index (χ4v) is 1.41. The number of hydrogen-bond acceptors (Lipinski definition) is 1. The summed E-state index contributed by atoms with van der Waals surface area (Å²) in [5.41, 5.74) is 2.75. The highest BCUT2D eigenvalue weighted by molar-refractivity contribution is 5.61. The zero-order valence-corrected chi connectivity index (χ0v) is 9.17. The van der Waals surface area contributed by atoms with Crippen molar-refractivity contribution < 1.29 is 5.11 Å². The summed E-state index contributed by atoms with van der Waals surface area (Å²) in [6.45, 7) is 9.51. The molecule has 0 bridgehead atoms. The topological polar surface area (TPSA) is 20.2 Å². The maximum absolute atomic E-state index is 9.63. The molecule has 0 aliphatic rings. The molecule has 0 heterocycles. The molecule has 0 aliphatic heterocycles. The molecule has 0 aliphatic carbocycles. The Bertz CT molecular complexity index is 314. The van der Waals surface area contributed by atoms with Crippen molar-refractivity contribution in [3.63, 3.8) is 0 Å². The predicted molar refractivity (Wildman–Crippen MR) is 61.2 cm³/mol. The van der Waals surface area contributed by atoms with E-state index in [1.807, 2.05) is 45.0 Å². The maximum atomic E-state index is 9.63. The molecule has 76 valence electrons. The van der Waals surface area contributed by atoms with Crippen molar-refractivity contribution in [2.24, 2.45) is 0 Å². The largest absolute Gasteiger partial charge is 0.390 e. The molecular formula is C13H18O. The van der Waals surface area contributed by atoms with Crippen LogP contribution in [0.3, 0.4) is 0 Å². The summed E-state index contributed by atoms with van der Waals surface area (Å²) >= 11 is 0. The fraction of sp³-hybridized carbons (Fsp3) is 0.385. The molecular weight excluding hydrogens is 172 g/mol. The summed E-state index contributed by atoms with van der Waals surface area (Å²) in [6.07, 6.45) is 0.684. The van der Waals surface area contributed by atoms with Crippen LogP contribution in [-0.4, -0.2) is 10.7 Å². The predicted octanol–water partition coefficient (Wildman–Crippen LogP) is 3.03. The first-order chi connectivity index (χ1) is 6.38. The highest BCUT2D eigenvalue weighted by Gasteiger charge is 2.12. The van der Waals surface area contributed by atoms with Gasteiger partial charge in [-0.25, -0.2) is 0 Å². The Morgan fingerprint density at radius 3 is 2.14 bits per heavy atom. The maximum Gasteiger partial charge on any atom is 0.0631 e. The van der Waals surface area contributed by atoms with Gasteiger partial charge in [0.25, 0.3) is 0 Å². The molecule has 0 unspecified atom stereocenters. The van der Waals surface area contributed by atoms with Crippen LogP contribution in [0.15, 0.2) is 30.8 Å². The Hall–Kier alpha value is -1.08. The fourth-order valence-electron chi connectivity index (χ4n) is 1.41. The van der Waals surface area contributed by atoms with E-state index in [-0.39, 0.29) is 0 Å². The van der Waals surface area contributed by atoms with E-state index in [4.69, 9.17) is 0 Å². The molecule has 1 N–H and O–H groups in total. The smallest absolute Gasteiger partial charge is 0.0631 e. The van der Waals surface area contributed by atoms with Crippen molar-refractivity contribution in [1.29, 1.82) is 0 Å². The lowest BCUT2D eigenvalue weighted by Gasteiger charge is -2.17. The van der Waals surface area contributed by atoms with E-state index in [1.165, 1.54) is 0 Å². The second-order valence-electron chi connectivity index (χ2n) is 4.47. The molecule has 0 radical (unpaired) electrons. The van der Waals surface area contributed by atoms with E-state index >= 15 is 0 Å². The first-order valence-corrected chi connectivity index (χ1v) is 4.86. The van der Waals surface area contributed by atoms with Crippen LogP contribution in [0.4, 0.5) is 0 Å². The van der Waals surface area contributed by atoms with Gasteiger partial charge in [-0.1, -0.05) is 36.4 Å². The number of rotatable bonds is 3. The molecule has 1 aromatic rings. The van der Waals surface area contributed by atoms with Crippen molar-refractivity contribution >= 4 is 5.57 Å². The number of benzene rings is 1. The average molecular weight is 190 g/mol. The van der Waals surface area contributed by atoms with Gasteiger partial charge in [0.15, 0.2) is 0 Å². The highest BCUT2D eigenvalue weighted by Crippen LogP contribution is 2.16. The van der Waals surface area contributed by atoms with E-state index in [1.54, 1.807) is 0 Å². The van der Waals surface area contributed by atoms with Gasteiger partial charge in [-0.05, 0) is 31.9 Å². The minimum absolute atomic E-state index is 0.634. The molecule has 1 heteroatoms. The van der Waals surface area contributed by atoms with Crippen LogP contribution in [0.2, 0.25) is 0 Å². The van der Waals surface area contributed by atoms with Gasteiger partial charge < -0.3 is 5.11 Å². The normalized spacial score (nSPS) is 11.4. The van der Waals surface area contributed by atoms with Crippen LogP contribution in [0.25, 0.3) is 5.57 Å². The summed E-state index contributed by atoms with van der Waals surface area (Å²) in [5, 5.41) is 9.63.